The van der Waals surface area contributed by atoms with Gasteiger partial charge in [-0.25, -0.2) is 14.6 Å². The van der Waals surface area contributed by atoms with E-state index in [1.165, 1.54) is 37.1 Å². The molecule has 8 nitrogen and oxygen atoms in total. The molecule has 1 aliphatic carbocycles. The van der Waals surface area contributed by atoms with E-state index >= 15 is 0 Å². The second-order valence-electron chi connectivity index (χ2n) is 6.84. The summed E-state index contributed by atoms with van der Waals surface area (Å²) in [6.07, 6.45) is 7.37. The van der Waals surface area contributed by atoms with E-state index in [4.69, 9.17) is 15.6 Å². The fourth-order valence-corrected chi connectivity index (χ4v) is 4.26. The van der Waals surface area contributed by atoms with Crippen molar-refractivity contribution in [1.29, 1.82) is 0 Å². The molecule has 0 radical (unpaired) electrons. The van der Waals surface area contributed by atoms with Crippen LogP contribution in [0.15, 0.2) is 36.7 Å². The molecule has 3 aromatic heterocycles. The van der Waals surface area contributed by atoms with Crippen molar-refractivity contribution >= 4 is 28.4 Å². The van der Waals surface area contributed by atoms with Gasteiger partial charge in [0, 0.05) is 0 Å². The Balaban J connectivity index is 1.55. The van der Waals surface area contributed by atoms with Gasteiger partial charge >= 0.3 is 6.01 Å². The smallest absolute Gasteiger partial charge is 0.334 e. The fraction of sp³-hybridized carbons (Fsp3) is 0.316. The van der Waals surface area contributed by atoms with Crippen molar-refractivity contribution in [3.63, 3.8) is 0 Å². The van der Waals surface area contributed by atoms with Crippen LogP contribution in [-0.4, -0.2) is 29.1 Å². The Morgan fingerprint density at radius 2 is 1.89 bits per heavy atom. The van der Waals surface area contributed by atoms with Crippen molar-refractivity contribution in [2.45, 2.75) is 38.1 Å². The first-order chi connectivity index (χ1) is 13.8. The van der Waals surface area contributed by atoms with Gasteiger partial charge in [-0.1, -0.05) is 37.5 Å². The maximum atomic E-state index is 6.19. The third kappa shape index (κ3) is 3.07. The molecular weight excluding hydrogens is 374 g/mol. The quantitative estimate of drug-likeness (QED) is 0.553. The van der Waals surface area contributed by atoms with Gasteiger partial charge < -0.3 is 10.5 Å². The summed E-state index contributed by atoms with van der Waals surface area (Å²) < 4.78 is 12.1. The van der Waals surface area contributed by atoms with E-state index in [1.807, 2.05) is 35.0 Å². The van der Waals surface area contributed by atoms with Crippen LogP contribution in [0.4, 0.5) is 5.82 Å². The lowest BCUT2D eigenvalue weighted by Crippen LogP contribution is -2.14. The summed E-state index contributed by atoms with van der Waals surface area (Å²) in [5.41, 5.74) is 7.61. The highest BCUT2D eigenvalue weighted by Gasteiger charge is 2.25. The molecule has 28 heavy (non-hydrogen) atoms. The van der Waals surface area contributed by atoms with Crippen molar-refractivity contribution in [1.82, 2.24) is 29.1 Å². The third-order valence-electron chi connectivity index (χ3n) is 5.00. The SMILES string of the molecule is Nc1ncnc2c1c(-c1nc(Oc3ccccc3)ns1)nn2C1CCCCC1. The van der Waals surface area contributed by atoms with Crippen LogP contribution < -0.4 is 10.5 Å². The number of aromatic nitrogens is 6. The molecule has 1 aliphatic rings. The number of benzene rings is 1. The zero-order valence-electron chi connectivity index (χ0n) is 15.2. The van der Waals surface area contributed by atoms with E-state index < -0.39 is 0 Å². The molecule has 0 aliphatic heterocycles. The van der Waals surface area contributed by atoms with Crippen LogP contribution in [-0.2, 0) is 0 Å². The summed E-state index contributed by atoms with van der Waals surface area (Å²) in [5, 5.41) is 6.23. The van der Waals surface area contributed by atoms with Gasteiger partial charge in [0.25, 0.3) is 0 Å². The van der Waals surface area contributed by atoms with E-state index in [-0.39, 0.29) is 0 Å². The Hall–Kier alpha value is -3.07. The molecule has 0 spiro atoms. The summed E-state index contributed by atoms with van der Waals surface area (Å²) >= 11 is 1.23. The van der Waals surface area contributed by atoms with Gasteiger partial charge in [-0.3, -0.25) is 0 Å². The summed E-state index contributed by atoms with van der Waals surface area (Å²) in [6, 6.07) is 10.1. The normalized spacial score (nSPS) is 15.1. The standard InChI is InChI=1S/C19H19N7OS/c20-16-14-15(18-23-19(25-28-18)27-13-9-5-2-6-10-13)24-26(17(14)22-11-21-16)12-7-3-1-4-8-12/h2,5-6,9-12H,1,3-4,7-8H2,(H2,20,21,22). The van der Waals surface area contributed by atoms with Gasteiger partial charge in [0.15, 0.2) is 10.7 Å². The molecule has 9 heteroatoms. The van der Waals surface area contributed by atoms with Crippen LogP contribution in [0.25, 0.3) is 21.7 Å². The maximum Gasteiger partial charge on any atom is 0.334 e. The van der Waals surface area contributed by atoms with Gasteiger partial charge in [0.1, 0.15) is 23.6 Å². The van der Waals surface area contributed by atoms with Gasteiger partial charge in [-0.05, 0) is 36.5 Å². The van der Waals surface area contributed by atoms with Crippen molar-refractivity contribution < 1.29 is 4.74 Å². The molecule has 3 heterocycles. The Labute approximate surface area is 165 Å². The second kappa shape index (κ2) is 7.16. The van der Waals surface area contributed by atoms with E-state index in [0.29, 0.717) is 34.3 Å². The molecule has 2 N–H and O–H groups in total. The van der Waals surface area contributed by atoms with E-state index in [0.717, 1.165) is 23.9 Å². The van der Waals surface area contributed by atoms with Crippen LogP contribution in [0.1, 0.15) is 38.1 Å². The van der Waals surface area contributed by atoms with Crippen LogP contribution in [0.3, 0.4) is 0 Å². The minimum absolute atomic E-state index is 0.294. The van der Waals surface area contributed by atoms with Crippen LogP contribution in [0, 0.1) is 0 Å². The predicted molar refractivity (Wildman–Crippen MR) is 107 cm³/mol. The van der Waals surface area contributed by atoms with Gasteiger partial charge in [-0.15, -0.1) is 4.37 Å². The number of nitrogens with zero attached hydrogens (tertiary/aromatic N) is 6. The number of hydrogen-bond acceptors (Lipinski definition) is 8. The lowest BCUT2D eigenvalue weighted by Gasteiger charge is -2.22. The predicted octanol–water partition coefficient (Wildman–Crippen LogP) is 4.22. The minimum atomic E-state index is 0.294. The maximum absolute atomic E-state index is 6.19. The number of para-hydroxylation sites is 1. The molecule has 142 valence electrons. The number of fused-ring (bicyclic) bond motifs is 1. The molecule has 4 aromatic rings. The van der Waals surface area contributed by atoms with E-state index in [2.05, 4.69) is 19.3 Å². The van der Waals surface area contributed by atoms with Gasteiger partial charge in [0.2, 0.25) is 0 Å². The molecule has 0 unspecified atom stereocenters. The molecule has 5 rings (SSSR count). The molecule has 0 saturated heterocycles. The Bertz CT molecular complexity index is 1100. The lowest BCUT2D eigenvalue weighted by molar-refractivity contribution is 0.336. The topological polar surface area (TPSA) is 105 Å². The number of nitrogen functional groups attached to an aromatic ring is 1. The summed E-state index contributed by atoms with van der Waals surface area (Å²) in [5.74, 6) is 1.09. The zero-order chi connectivity index (χ0) is 18.9. The number of nitrogens with two attached hydrogens (primary N) is 1. The molecule has 1 aromatic carbocycles. The number of anilines is 1. The molecule has 1 saturated carbocycles. The van der Waals surface area contributed by atoms with Crippen molar-refractivity contribution in [2.75, 3.05) is 5.73 Å². The molecule has 0 atom stereocenters. The first-order valence-electron chi connectivity index (χ1n) is 9.35. The van der Waals surface area contributed by atoms with Crippen molar-refractivity contribution in [2.24, 2.45) is 0 Å². The lowest BCUT2D eigenvalue weighted by atomic mass is 9.96. The summed E-state index contributed by atoms with van der Waals surface area (Å²) in [4.78, 5) is 13.2. The van der Waals surface area contributed by atoms with Crippen LogP contribution >= 0.6 is 11.5 Å². The monoisotopic (exact) mass is 393 g/mol. The third-order valence-corrected chi connectivity index (χ3v) is 5.71. The number of hydrogen-bond donors (Lipinski definition) is 1. The Morgan fingerprint density at radius 1 is 1.07 bits per heavy atom. The van der Waals surface area contributed by atoms with Gasteiger partial charge in [0.05, 0.1) is 11.4 Å². The van der Waals surface area contributed by atoms with Gasteiger partial charge in [-0.2, -0.15) is 10.1 Å². The van der Waals surface area contributed by atoms with E-state index in [1.54, 1.807) is 0 Å². The van der Waals surface area contributed by atoms with Crippen LogP contribution in [0.2, 0.25) is 0 Å². The average molecular weight is 393 g/mol. The van der Waals surface area contributed by atoms with Crippen molar-refractivity contribution in [3.8, 4) is 22.5 Å². The highest BCUT2D eigenvalue weighted by Crippen LogP contribution is 2.37. The first-order valence-corrected chi connectivity index (χ1v) is 10.1. The fourth-order valence-electron chi connectivity index (χ4n) is 3.67. The second-order valence-corrected chi connectivity index (χ2v) is 7.59. The molecular formula is C19H19N7OS. The van der Waals surface area contributed by atoms with Crippen molar-refractivity contribution in [3.05, 3.63) is 36.7 Å². The Morgan fingerprint density at radius 3 is 2.71 bits per heavy atom. The largest absolute Gasteiger partial charge is 0.424 e. The molecule has 0 bridgehead atoms. The Kier molecular flexibility index (Phi) is 4.36. The average Bonchev–Trinajstić information content (AvgIpc) is 3.35. The first kappa shape index (κ1) is 17.1. The molecule has 1 fully saturated rings. The highest BCUT2D eigenvalue weighted by atomic mass is 32.1. The van der Waals surface area contributed by atoms with E-state index in [9.17, 15) is 0 Å². The highest BCUT2D eigenvalue weighted by molar-refractivity contribution is 7.09. The minimum Gasteiger partial charge on any atom is -0.424 e. The zero-order valence-corrected chi connectivity index (χ0v) is 16.0. The summed E-state index contributed by atoms with van der Waals surface area (Å²) in [7, 11) is 0. The van der Waals surface area contributed by atoms with Crippen LogP contribution in [0.5, 0.6) is 11.8 Å². The number of rotatable bonds is 4. The molecule has 0 amide bonds. The summed E-state index contributed by atoms with van der Waals surface area (Å²) in [6.45, 7) is 0. The number of ether oxygens (including phenoxy) is 1.